The van der Waals surface area contributed by atoms with E-state index in [1.54, 1.807) is 10.0 Å². The number of esters is 4. The second kappa shape index (κ2) is 12.4. The van der Waals surface area contributed by atoms with Crippen LogP contribution in [0.3, 0.4) is 0 Å². The van der Waals surface area contributed by atoms with E-state index in [9.17, 15) is 19.2 Å². The molecule has 0 bridgehead atoms. The molecule has 0 N–H and O–H groups in total. The first kappa shape index (κ1) is 25.8. The molecule has 1 saturated heterocycles. The second-order valence-corrected chi connectivity index (χ2v) is 15.9. The summed E-state index contributed by atoms with van der Waals surface area (Å²) in [6.45, 7) is 9.02. The first-order chi connectivity index (χ1) is 13.6. The minimum atomic E-state index is -1.29. The minimum absolute atomic E-state index is 0.460. The number of carbonyl (C=O) groups is 4. The van der Waals surface area contributed by atoms with Crippen molar-refractivity contribution in [3.8, 4) is 0 Å². The van der Waals surface area contributed by atoms with Gasteiger partial charge < -0.3 is 0 Å². The van der Waals surface area contributed by atoms with Gasteiger partial charge in [-0.2, -0.15) is 0 Å². The summed E-state index contributed by atoms with van der Waals surface area (Å²) < 4.78 is 27.1. The molecule has 0 amide bonds. The second-order valence-electron chi connectivity index (χ2n) is 6.28. The van der Waals surface area contributed by atoms with E-state index in [1.165, 1.54) is 20.8 Å². The molecule has 0 aromatic carbocycles. The third kappa shape index (κ3) is 8.56. The first-order valence-corrected chi connectivity index (χ1v) is 15.2. The molecular weight excluding hydrogens is 467 g/mol. The van der Waals surface area contributed by atoms with Crippen LogP contribution in [0, 0.1) is 0 Å². The van der Waals surface area contributed by atoms with Crippen LogP contribution in [0.1, 0.15) is 41.5 Å². The zero-order valence-electron chi connectivity index (χ0n) is 17.5. The van der Waals surface area contributed by atoms with E-state index >= 15 is 0 Å². The number of hydrogen-bond acceptors (Lipinski definition) is 10. The van der Waals surface area contributed by atoms with Crippen molar-refractivity contribution < 1.29 is 42.9 Å². The van der Waals surface area contributed by atoms with E-state index in [4.69, 9.17) is 23.7 Å². The Bertz CT molecular complexity index is 596. The predicted octanol–water partition coefficient (Wildman–Crippen LogP) is 1.83. The molecule has 0 spiro atoms. The molecule has 1 rings (SSSR count). The summed E-state index contributed by atoms with van der Waals surface area (Å²) in [6.07, 6.45) is -5.45. The van der Waals surface area contributed by atoms with Crippen LogP contribution in [0.15, 0.2) is 0 Å². The summed E-state index contributed by atoms with van der Waals surface area (Å²) in [6, 6.07) is 0. The fourth-order valence-electron chi connectivity index (χ4n) is 2.83. The Morgan fingerprint density at radius 1 is 0.759 bits per heavy atom. The fraction of sp³-hybridized carbons (Fsp3) is 0.778. The molecule has 0 aromatic heterocycles. The number of hydrogen-bond donors (Lipinski definition) is 0. The maximum atomic E-state index is 11.7. The Morgan fingerprint density at radius 3 is 1.66 bits per heavy atom. The first-order valence-electron chi connectivity index (χ1n) is 9.31. The summed E-state index contributed by atoms with van der Waals surface area (Å²) in [5, 5.41) is 2.16. The zero-order chi connectivity index (χ0) is 22.1. The molecule has 166 valence electrons. The van der Waals surface area contributed by atoms with Crippen molar-refractivity contribution >= 4 is 47.4 Å². The van der Waals surface area contributed by atoms with E-state index in [1.807, 2.05) is 0 Å². The summed E-state index contributed by atoms with van der Waals surface area (Å²) in [5.74, 6) is -2.14. The van der Waals surface area contributed by atoms with Crippen molar-refractivity contribution in [1.82, 2.24) is 0 Å². The van der Waals surface area contributed by atoms with Crippen molar-refractivity contribution in [2.24, 2.45) is 0 Å². The third-order valence-electron chi connectivity index (χ3n) is 3.91. The van der Waals surface area contributed by atoms with Crippen LogP contribution in [0.5, 0.6) is 0 Å². The Kier molecular flexibility index (Phi) is 11.1. The quantitative estimate of drug-likeness (QED) is 0.266. The average Bonchev–Trinajstić information content (AvgIpc) is 2.60. The van der Waals surface area contributed by atoms with Gasteiger partial charge in [0.05, 0.1) is 0 Å². The summed E-state index contributed by atoms with van der Waals surface area (Å²) >= 11 is -1.14. The molecule has 0 aromatic rings. The monoisotopic (exact) mass is 496 g/mol. The van der Waals surface area contributed by atoms with Crippen LogP contribution in [0.25, 0.3) is 0 Å². The molecule has 9 nitrogen and oxygen atoms in total. The fourth-order valence-corrected chi connectivity index (χ4v) is 9.31. The van der Waals surface area contributed by atoms with Gasteiger partial charge in [0.15, 0.2) is 0 Å². The predicted molar refractivity (Wildman–Crippen MR) is 106 cm³/mol. The summed E-state index contributed by atoms with van der Waals surface area (Å²) in [7, 11) is 1.76. The molecule has 0 aliphatic carbocycles. The van der Waals surface area contributed by atoms with Crippen LogP contribution >= 0.6 is 10.0 Å². The molecule has 1 heterocycles. The van der Waals surface area contributed by atoms with E-state index in [2.05, 4.69) is 13.8 Å². The zero-order valence-corrected chi connectivity index (χ0v) is 20.2. The van der Waals surface area contributed by atoms with Gasteiger partial charge in [0.1, 0.15) is 0 Å². The van der Waals surface area contributed by atoms with Crippen LogP contribution < -0.4 is 0 Å². The van der Waals surface area contributed by atoms with Crippen molar-refractivity contribution in [2.75, 3.05) is 5.75 Å². The Balaban J connectivity index is 3.26. The molecule has 1 aliphatic rings. The molecular formula is C18H29AsO9S. The molecule has 11 heteroatoms. The van der Waals surface area contributed by atoms with Gasteiger partial charge in [-0.1, -0.05) is 0 Å². The Labute approximate surface area is 178 Å². The van der Waals surface area contributed by atoms with E-state index in [0.29, 0.717) is 5.75 Å². The van der Waals surface area contributed by atoms with Gasteiger partial charge in [0.2, 0.25) is 0 Å². The van der Waals surface area contributed by atoms with Gasteiger partial charge in [-0.15, -0.1) is 0 Å². The van der Waals surface area contributed by atoms with Crippen LogP contribution in [-0.2, 0) is 42.9 Å². The van der Waals surface area contributed by atoms with Crippen LogP contribution in [0.2, 0.25) is 10.4 Å². The van der Waals surface area contributed by atoms with Gasteiger partial charge >= 0.3 is 179 Å². The van der Waals surface area contributed by atoms with Crippen molar-refractivity contribution in [3.63, 3.8) is 0 Å². The molecule has 0 radical (unpaired) electrons. The maximum absolute atomic E-state index is 11.7. The van der Waals surface area contributed by atoms with Gasteiger partial charge in [-0.05, 0) is 0 Å². The number of ether oxygens (including phenoxy) is 5. The van der Waals surface area contributed by atoms with Gasteiger partial charge in [0, 0.05) is 0 Å². The summed E-state index contributed by atoms with van der Waals surface area (Å²) in [5.41, 5.74) is 0. The van der Waals surface area contributed by atoms with Crippen LogP contribution in [-0.4, -0.2) is 73.8 Å². The SMILES string of the molecule is CC[As](CC)SC[C@H]1O[C@@H](OC(C)=O)[C@H](OC(C)=O)[C@@H](OC(C)=O)[C@@H]1OC(C)=O. The Morgan fingerprint density at radius 2 is 1.21 bits per heavy atom. The third-order valence-corrected chi connectivity index (χ3v) is 13.6. The molecule has 29 heavy (non-hydrogen) atoms. The molecule has 0 saturated carbocycles. The molecule has 1 fully saturated rings. The summed E-state index contributed by atoms with van der Waals surface area (Å²) in [4.78, 5) is 46.6. The van der Waals surface area contributed by atoms with Crippen molar-refractivity contribution in [2.45, 2.75) is 82.7 Å². The van der Waals surface area contributed by atoms with Gasteiger partial charge in [0.25, 0.3) is 0 Å². The average molecular weight is 496 g/mol. The van der Waals surface area contributed by atoms with Gasteiger partial charge in [-0.25, -0.2) is 0 Å². The molecule has 0 unspecified atom stereocenters. The van der Waals surface area contributed by atoms with Crippen molar-refractivity contribution in [3.05, 3.63) is 0 Å². The van der Waals surface area contributed by atoms with Crippen LogP contribution in [0.4, 0.5) is 0 Å². The topological polar surface area (TPSA) is 114 Å². The number of rotatable bonds is 9. The molecule has 5 atom stereocenters. The van der Waals surface area contributed by atoms with E-state index < -0.39 is 68.1 Å². The van der Waals surface area contributed by atoms with E-state index in [0.717, 1.165) is 17.3 Å². The van der Waals surface area contributed by atoms with Gasteiger partial charge in [-0.3, -0.25) is 0 Å². The number of carbonyl (C=O) groups excluding carboxylic acids is 4. The standard InChI is InChI=1S/C18H29AsO9S/c1-7-19(8-2)29-9-14-15(24-10(3)20)16(25-11(4)21)17(26-12(5)22)18(28-14)27-13(6)23/h14-18H,7-9H2,1-6H3/t14-,15-,16+,17-,18-/m1/s1. The van der Waals surface area contributed by atoms with E-state index in [-0.39, 0.29) is 0 Å². The Hall–Kier alpha value is -1.25. The normalized spacial score (nSPS) is 26.5. The molecule has 1 aliphatic heterocycles. The van der Waals surface area contributed by atoms with Crippen molar-refractivity contribution in [1.29, 1.82) is 0 Å².